The summed E-state index contributed by atoms with van der Waals surface area (Å²) in [7, 11) is 0. The molecule has 0 bridgehead atoms. The SMILES string of the molecule is CC1CCC(Oc2ccc3cc(CN4CC(C(=O)O)C4)ccc3c2)CC1. The molecule has 1 aliphatic carbocycles. The fourth-order valence-electron chi connectivity index (χ4n) is 4.10. The molecule has 0 unspecified atom stereocenters. The lowest BCUT2D eigenvalue weighted by atomic mass is 9.89. The molecule has 2 aliphatic rings. The summed E-state index contributed by atoms with van der Waals surface area (Å²) in [6.45, 7) is 4.45. The van der Waals surface area contributed by atoms with Crippen LogP contribution in [0.5, 0.6) is 5.75 Å². The summed E-state index contributed by atoms with van der Waals surface area (Å²) in [6.07, 6.45) is 5.20. The molecule has 0 spiro atoms. The van der Waals surface area contributed by atoms with Crippen LogP contribution in [0, 0.1) is 11.8 Å². The third-order valence-electron chi connectivity index (χ3n) is 5.85. The zero-order chi connectivity index (χ0) is 18.1. The van der Waals surface area contributed by atoms with E-state index in [2.05, 4.69) is 48.2 Å². The predicted octanol–water partition coefficient (Wildman–Crippen LogP) is 4.31. The fourth-order valence-corrected chi connectivity index (χ4v) is 4.10. The molecule has 1 N–H and O–H groups in total. The zero-order valence-corrected chi connectivity index (χ0v) is 15.4. The Bertz CT molecular complexity index is 789. The number of aliphatic carboxylic acids is 1. The second kappa shape index (κ2) is 7.28. The summed E-state index contributed by atoms with van der Waals surface area (Å²) in [5.41, 5.74) is 1.23. The number of fused-ring (bicyclic) bond motifs is 1. The number of nitrogens with zero attached hydrogens (tertiary/aromatic N) is 1. The van der Waals surface area contributed by atoms with Crippen LogP contribution in [0.3, 0.4) is 0 Å². The molecule has 2 aromatic rings. The molecule has 1 heterocycles. The van der Waals surface area contributed by atoms with E-state index in [1.807, 2.05) is 0 Å². The minimum Gasteiger partial charge on any atom is -0.490 e. The van der Waals surface area contributed by atoms with Crippen LogP contribution < -0.4 is 4.74 Å². The number of carboxylic acids is 1. The van der Waals surface area contributed by atoms with E-state index in [9.17, 15) is 4.79 Å². The van der Waals surface area contributed by atoms with Crippen molar-refractivity contribution in [3.63, 3.8) is 0 Å². The van der Waals surface area contributed by atoms with Crippen LogP contribution in [0.25, 0.3) is 10.8 Å². The third-order valence-corrected chi connectivity index (χ3v) is 5.85. The Hall–Kier alpha value is -2.07. The van der Waals surface area contributed by atoms with Crippen molar-refractivity contribution in [2.75, 3.05) is 13.1 Å². The molecule has 138 valence electrons. The lowest BCUT2D eigenvalue weighted by Crippen LogP contribution is -2.49. The van der Waals surface area contributed by atoms with Crippen molar-refractivity contribution < 1.29 is 14.6 Å². The normalized spacial score (nSPS) is 24.3. The Labute approximate surface area is 154 Å². The second-order valence-corrected chi connectivity index (χ2v) is 8.07. The maximum atomic E-state index is 10.9. The van der Waals surface area contributed by atoms with Gasteiger partial charge in [0.05, 0.1) is 12.0 Å². The van der Waals surface area contributed by atoms with E-state index in [-0.39, 0.29) is 5.92 Å². The standard InChI is InChI=1S/C22H27NO3/c1-15-2-7-20(8-3-15)26-21-9-6-17-10-16(4-5-18(17)11-21)12-23-13-19(14-23)22(24)25/h4-6,9-11,15,19-20H,2-3,7-8,12-14H2,1H3,(H,24,25). The summed E-state index contributed by atoms with van der Waals surface area (Å²) < 4.78 is 6.20. The van der Waals surface area contributed by atoms with Gasteiger partial charge in [0, 0.05) is 19.6 Å². The number of carbonyl (C=O) groups is 1. The van der Waals surface area contributed by atoms with Crippen molar-refractivity contribution in [3.8, 4) is 5.75 Å². The topological polar surface area (TPSA) is 49.8 Å². The number of rotatable bonds is 5. The molecule has 2 aromatic carbocycles. The number of likely N-dealkylation sites (tertiary alicyclic amines) is 1. The summed E-state index contributed by atoms with van der Waals surface area (Å²) in [5.74, 6) is 0.927. The van der Waals surface area contributed by atoms with E-state index in [4.69, 9.17) is 9.84 Å². The highest BCUT2D eigenvalue weighted by Gasteiger charge is 2.32. The minimum atomic E-state index is -0.681. The van der Waals surface area contributed by atoms with Gasteiger partial charge in [-0.1, -0.05) is 25.1 Å². The predicted molar refractivity (Wildman–Crippen MR) is 102 cm³/mol. The van der Waals surface area contributed by atoms with Gasteiger partial charge in [-0.25, -0.2) is 0 Å². The van der Waals surface area contributed by atoms with Crippen molar-refractivity contribution in [1.82, 2.24) is 4.90 Å². The van der Waals surface area contributed by atoms with Gasteiger partial charge in [-0.05, 0) is 66.1 Å². The van der Waals surface area contributed by atoms with Crippen LogP contribution in [0.2, 0.25) is 0 Å². The Kier molecular flexibility index (Phi) is 4.86. The van der Waals surface area contributed by atoms with Gasteiger partial charge in [-0.15, -0.1) is 0 Å². The average Bonchev–Trinajstić information content (AvgIpc) is 2.59. The smallest absolute Gasteiger partial charge is 0.309 e. The van der Waals surface area contributed by atoms with E-state index in [1.165, 1.54) is 29.2 Å². The molecule has 0 atom stereocenters. The monoisotopic (exact) mass is 353 g/mol. The molecule has 1 saturated heterocycles. The van der Waals surface area contributed by atoms with Gasteiger partial charge in [0.25, 0.3) is 0 Å². The molecule has 26 heavy (non-hydrogen) atoms. The number of carboxylic acid groups (broad SMARTS) is 1. The molecule has 4 heteroatoms. The fraction of sp³-hybridized carbons (Fsp3) is 0.500. The van der Waals surface area contributed by atoms with Gasteiger partial charge in [0.15, 0.2) is 0 Å². The highest BCUT2D eigenvalue weighted by atomic mass is 16.5. The van der Waals surface area contributed by atoms with Crippen LogP contribution >= 0.6 is 0 Å². The first kappa shape index (κ1) is 17.3. The first-order valence-electron chi connectivity index (χ1n) is 9.71. The number of hydrogen-bond acceptors (Lipinski definition) is 3. The summed E-state index contributed by atoms with van der Waals surface area (Å²) in [5, 5.41) is 11.4. The number of hydrogen-bond donors (Lipinski definition) is 1. The molecule has 4 nitrogen and oxygen atoms in total. The molecule has 2 fully saturated rings. The molecule has 0 radical (unpaired) electrons. The maximum Gasteiger partial charge on any atom is 0.309 e. The van der Waals surface area contributed by atoms with Crippen LogP contribution in [-0.2, 0) is 11.3 Å². The van der Waals surface area contributed by atoms with Crippen molar-refractivity contribution in [2.45, 2.75) is 45.3 Å². The van der Waals surface area contributed by atoms with Crippen LogP contribution in [0.15, 0.2) is 36.4 Å². The largest absolute Gasteiger partial charge is 0.490 e. The molecule has 0 aromatic heterocycles. The van der Waals surface area contributed by atoms with Gasteiger partial charge >= 0.3 is 5.97 Å². The van der Waals surface area contributed by atoms with E-state index in [0.29, 0.717) is 19.2 Å². The van der Waals surface area contributed by atoms with Crippen molar-refractivity contribution in [2.24, 2.45) is 11.8 Å². The van der Waals surface area contributed by atoms with Crippen molar-refractivity contribution in [3.05, 3.63) is 42.0 Å². The van der Waals surface area contributed by atoms with E-state index in [0.717, 1.165) is 31.1 Å². The quantitative estimate of drug-likeness (QED) is 0.870. The van der Waals surface area contributed by atoms with Gasteiger partial charge < -0.3 is 9.84 Å². The summed E-state index contributed by atoms with van der Waals surface area (Å²) in [4.78, 5) is 13.1. The third kappa shape index (κ3) is 3.85. The average molecular weight is 353 g/mol. The highest BCUT2D eigenvalue weighted by Crippen LogP contribution is 2.29. The molecule has 1 aliphatic heterocycles. The van der Waals surface area contributed by atoms with Crippen molar-refractivity contribution in [1.29, 1.82) is 0 Å². The lowest BCUT2D eigenvalue weighted by Gasteiger charge is -2.36. The van der Waals surface area contributed by atoms with Crippen LogP contribution in [0.4, 0.5) is 0 Å². The van der Waals surface area contributed by atoms with Gasteiger partial charge in [0.1, 0.15) is 5.75 Å². The maximum absolute atomic E-state index is 10.9. The van der Waals surface area contributed by atoms with Gasteiger partial charge in [0.2, 0.25) is 0 Å². The van der Waals surface area contributed by atoms with Gasteiger partial charge in [-0.3, -0.25) is 9.69 Å². The zero-order valence-electron chi connectivity index (χ0n) is 15.4. The lowest BCUT2D eigenvalue weighted by molar-refractivity contribution is -0.147. The Balaban J connectivity index is 1.39. The first-order chi connectivity index (χ1) is 12.6. The molecule has 1 saturated carbocycles. The molecule has 4 rings (SSSR count). The number of ether oxygens (including phenoxy) is 1. The summed E-state index contributed by atoms with van der Waals surface area (Å²) >= 11 is 0. The summed E-state index contributed by atoms with van der Waals surface area (Å²) in [6, 6.07) is 12.8. The molecular formula is C22H27NO3. The van der Waals surface area contributed by atoms with Gasteiger partial charge in [-0.2, -0.15) is 0 Å². The molecular weight excluding hydrogens is 326 g/mol. The number of benzene rings is 2. The Morgan fingerprint density at radius 2 is 1.77 bits per heavy atom. The van der Waals surface area contributed by atoms with E-state index in [1.54, 1.807) is 0 Å². The van der Waals surface area contributed by atoms with E-state index >= 15 is 0 Å². The Morgan fingerprint density at radius 3 is 2.50 bits per heavy atom. The minimum absolute atomic E-state index is 0.196. The van der Waals surface area contributed by atoms with Crippen LogP contribution in [-0.4, -0.2) is 35.2 Å². The highest BCUT2D eigenvalue weighted by molar-refractivity contribution is 5.84. The van der Waals surface area contributed by atoms with Crippen LogP contribution in [0.1, 0.15) is 38.2 Å². The second-order valence-electron chi connectivity index (χ2n) is 8.07. The Morgan fingerprint density at radius 1 is 1.08 bits per heavy atom. The van der Waals surface area contributed by atoms with Crippen molar-refractivity contribution >= 4 is 16.7 Å². The first-order valence-corrected chi connectivity index (χ1v) is 9.71. The molecule has 0 amide bonds. The van der Waals surface area contributed by atoms with E-state index < -0.39 is 5.97 Å².